The Morgan fingerprint density at radius 2 is 2.17 bits per heavy atom. The van der Waals surface area contributed by atoms with E-state index < -0.39 is 0 Å². The number of rotatable bonds is 5. The summed E-state index contributed by atoms with van der Waals surface area (Å²) < 4.78 is 5.23. The third kappa shape index (κ3) is 3.23. The first kappa shape index (κ1) is 13.8. The van der Waals surface area contributed by atoms with Gasteiger partial charge in [0.1, 0.15) is 0 Å². The molecule has 0 saturated carbocycles. The van der Waals surface area contributed by atoms with E-state index in [0.717, 1.165) is 24.7 Å². The quantitative estimate of drug-likeness (QED) is 0.891. The summed E-state index contributed by atoms with van der Waals surface area (Å²) in [7, 11) is 1.77. The first-order valence-electron chi connectivity index (χ1n) is 6.43. The van der Waals surface area contributed by atoms with E-state index in [1.54, 1.807) is 7.11 Å². The van der Waals surface area contributed by atoms with Gasteiger partial charge >= 0.3 is 0 Å². The minimum atomic E-state index is 0.295. The van der Waals surface area contributed by atoms with Gasteiger partial charge in [0.2, 0.25) is 0 Å². The second-order valence-corrected chi connectivity index (χ2v) is 5.34. The number of hydrogen-bond donors (Lipinski definition) is 1. The maximum Gasteiger partial charge on any atom is 0.0503 e. The normalized spacial score (nSPS) is 22.3. The van der Waals surface area contributed by atoms with Gasteiger partial charge in [0.05, 0.1) is 6.61 Å². The lowest BCUT2D eigenvalue weighted by atomic mass is 10.1. The number of nitrogens with two attached hydrogens (primary N) is 1. The number of benzene rings is 1. The molecule has 1 aromatic carbocycles. The number of hydrogen-bond acceptors (Lipinski definition) is 3. The van der Waals surface area contributed by atoms with E-state index in [2.05, 4.69) is 17.0 Å². The lowest BCUT2D eigenvalue weighted by molar-refractivity contribution is 0.147. The van der Waals surface area contributed by atoms with E-state index >= 15 is 0 Å². The molecule has 18 heavy (non-hydrogen) atoms. The Balaban J connectivity index is 2.03. The van der Waals surface area contributed by atoms with Gasteiger partial charge < -0.3 is 10.5 Å². The van der Waals surface area contributed by atoms with Crippen molar-refractivity contribution in [3.63, 3.8) is 0 Å². The molecule has 2 N–H and O–H groups in total. The smallest absolute Gasteiger partial charge is 0.0503 e. The number of likely N-dealkylation sites (tertiary alicyclic amines) is 1. The first-order valence-corrected chi connectivity index (χ1v) is 6.81. The maximum absolute atomic E-state index is 5.94. The molecule has 0 spiro atoms. The van der Waals surface area contributed by atoms with Crippen LogP contribution in [-0.2, 0) is 4.74 Å². The van der Waals surface area contributed by atoms with Gasteiger partial charge in [0.15, 0.2) is 0 Å². The molecule has 0 aromatic heterocycles. The summed E-state index contributed by atoms with van der Waals surface area (Å²) in [6, 6.07) is 8.31. The zero-order chi connectivity index (χ0) is 13.0. The third-order valence-corrected chi connectivity index (χ3v) is 3.89. The van der Waals surface area contributed by atoms with Gasteiger partial charge in [-0.15, -0.1) is 0 Å². The second-order valence-electron chi connectivity index (χ2n) is 4.91. The number of nitrogens with zero attached hydrogens (tertiary/aromatic N) is 1. The maximum atomic E-state index is 5.94. The summed E-state index contributed by atoms with van der Waals surface area (Å²) in [6.07, 6.45) is 1.19. The van der Waals surface area contributed by atoms with Crippen molar-refractivity contribution < 1.29 is 4.74 Å². The molecular formula is C14H21ClN2O. The Morgan fingerprint density at radius 3 is 2.78 bits per heavy atom. The fourth-order valence-electron chi connectivity index (χ4n) is 2.70. The molecule has 0 aliphatic carbocycles. The van der Waals surface area contributed by atoms with Gasteiger partial charge in [-0.1, -0.05) is 23.7 Å². The average Bonchev–Trinajstić information content (AvgIpc) is 2.82. The lowest BCUT2D eigenvalue weighted by Crippen LogP contribution is -2.32. The average molecular weight is 269 g/mol. The Labute approximate surface area is 114 Å². The number of halogens is 1. The van der Waals surface area contributed by atoms with Crippen molar-refractivity contribution in [2.24, 2.45) is 11.7 Å². The molecule has 1 aromatic rings. The van der Waals surface area contributed by atoms with Crippen molar-refractivity contribution in [2.75, 3.05) is 33.4 Å². The fourth-order valence-corrected chi connectivity index (χ4v) is 2.82. The third-order valence-electron chi connectivity index (χ3n) is 3.64. The van der Waals surface area contributed by atoms with E-state index in [0.29, 0.717) is 18.5 Å². The van der Waals surface area contributed by atoms with Crippen LogP contribution in [0.4, 0.5) is 0 Å². The van der Waals surface area contributed by atoms with Crippen LogP contribution in [-0.4, -0.2) is 38.3 Å². The van der Waals surface area contributed by atoms with Gasteiger partial charge in [-0.25, -0.2) is 0 Å². The van der Waals surface area contributed by atoms with E-state index in [1.807, 2.05) is 12.1 Å². The molecule has 1 aliphatic heterocycles. The topological polar surface area (TPSA) is 38.5 Å². The highest BCUT2D eigenvalue weighted by Crippen LogP contribution is 2.27. The summed E-state index contributed by atoms with van der Waals surface area (Å²) in [4.78, 5) is 2.45. The summed E-state index contributed by atoms with van der Waals surface area (Å²) in [6.45, 7) is 3.65. The highest BCUT2D eigenvalue weighted by molar-refractivity contribution is 6.30. The number of methoxy groups -OCH3 is 1. The molecule has 1 aliphatic rings. The lowest BCUT2D eigenvalue weighted by Gasteiger charge is -2.27. The van der Waals surface area contributed by atoms with Gasteiger partial charge in [-0.05, 0) is 36.6 Å². The predicted octanol–water partition coefficient (Wildman–Crippen LogP) is 2.31. The molecule has 2 atom stereocenters. The molecule has 2 unspecified atom stereocenters. The van der Waals surface area contributed by atoms with Crippen molar-refractivity contribution in [2.45, 2.75) is 12.5 Å². The standard InChI is InChI=1S/C14H21ClN2O/c1-18-10-11-6-7-17(9-11)14(8-16)12-2-4-13(15)5-3-12/h2-5,11,14H,6-10,16H2,1H3. The first-order chi connectivity index (χ1) is 8.74. The van der Waals surface area contributed by atoms with Crippen LogP contribution in [0.15, 0.2) is 24.3 Å². The predicted molar refractivity (Wildman–Crippen MR) is 74.8 cm³/mol. The molecule has 2 rings (SSSR count). The molecule has 100 valence electrons. The van der Waals surface area contributed by atoms with Crippen LogP contribution < -0.4 is 5.73 Å². The zero-order valence-electron chi connectivity index (χ0n) is 10.8. The van der Waals surface area contributed by atoms with E-state index in [9.17, 15) is 0 Å². The fraction of sp³-hybridized carbons (Fsp3) is 0.571. The van der Waals surface area contributed by atoms with E-state index in [1.165, 1.54) is 12.0 Å². The van der Waals surface area contributed by atoms with Crippen molar-refractivity contribution in [1.82, 2.24) is 4.90 Å². The van der Waals surface area contributed by atoms with Gasteiger partial charge in [-0.2, -0.15) is 0 Å². The highest BCUT2D eigenvalue weighted by Gasteiger charge is 2.28. The summed E-state index contributed by atoms with van der Waals surface area (Å²) in [5.41, 5.74) is 7.19. The van der Waals surface area contributed by atoms with Crippen LogP contribution in [0, 0.1) is 5.92 Å². The van der Waals surface area contributed by atoms with E-state index in [4.69, 9.17) is 22.1 Å². The van der Waals surface area contributed by atoms with Crippen LogP contribution in [0.3, 0.4) is 0 Å². The monoisotopic (exact) mass is 268 g/mol. The van der Waals surface area contributed by atoms with Crippen molar-refractivity contribution in [3.8, 4) is 0 Å². The van der Waals surface area contributed by atoms with Gasteiger partial charge in [0.25, 0.3) is 0 Å². The van der Waals surface area contributed by atoms with Crippen LogP contribution in [0.5, 0.6) is 0 Å². The minimum Gasteiger partial charge on any atom is -0.384 e. The molecule has 4 heteroatoms. The summed E-state index contributed by atoms with van der Waals surface area (Å²) in [5.74, 6) is 0.636. The van der Waals surface area contributed by atoms with Crippen LogP contribution >= 0.6 is 11.6 Å². The van der Waals surface area contributed by atoms with Gasteiger partial charge in [0, 0.05) is 31.3 Å². The Kier molecular flexibility index (Phi) is 5.01. The molecule has 0 amide bonds. The Hall–Kier alpha value is -0.610. The molecule has 1 heterocycles. The largest absolute Gasteiger partial charge is 0.384 e. The summed E-state index contributed by atoms with van der Waals surface area (Å²) >= 11 is 5.92. The Bertz CT molecular complexity index is 369. The molecular weight excluding hydrogens is 248 g/mol. The minimum absolute atomic E-state index is 0.295. The highest BCUT2D eigenvalue weighted by atomic mass is 35.5. The molecule has 1 fully saturated rings. The van der Waals surface area contributed by atoms with Crippen molar-refractivity contribution in [1.29, 1.82) is 0 Å². The second kappa shape index (κ2) is 6.53. The van der Waals surface area contributed by atoms with Crippen molar-refractivity contribution >= 4 is 11.6 Å². The van der Waals surface area contributed by atoms with Crippen molar-refractivity contribution in [3.05, 3.63) is 34.9 Å². The molecule has 0 bridgehead atoms. The summed E-state index contributed by atoms with van der Waals surface area (Å²) in [5, 5.41) is 0.771. The molecule has 1 saturated heterocycles. The number of ether oxygens (including phenoxy) is 1. The van der Waals surface area contributed by atoms with E-state index in [-0.39, 0.29) is 0 Å². The Morgan fingerprint density at radius 1 is 1.44 bits per heavy atom. The zero-order valence-corrected chi connectivity index (χ0v) is 11.6. The van der Waals surface area contributed by atoms with Crippen LogP contribution in [0.2, 0.25) is 5.02 Å². The van der Waals surface area contributed by atoms with Crippen LogP contribution in [0.25, 0.3) is 0 Å². The van der Waals surface area contributed by atoms with Crippen LogP contribution in [0.1, 0.15) is 18.0 Å². The SMILES string of the molecule is COCC1CCN(C(CN)c2ccc(Cl)cc2)C1. The van der Waals surface area contributed by atoms with Gasteiger partial charge in [-0.3, -0.25) is 4.90 Å². The molecule has 3 nitrogen and oxygen atoms in total. The molecule has 0 radical (unpaired) electrons.